The molecule has 8 heteroatoms. The molecule has 1 aliphatic rings. The van der Waals surface area contributed by atoms with Gasteiger partial charge in [-0.2, -0.15) is 0 Å². The fourth-order valence-corrected chi connectivity index (χ4v) is 4.70. The smallest absolute Gasteiger partial charge is 0.322 e. The Morgan fingerprint density at radius 2 is 1.88 bits per heavy atom. The van der Waals surface area contributed by atoms with Crippen molar-refractivity contribution in [2.24, 2.45) is 7.05 Å². The summed E-state index contributed by atoms with van der Waals surface area (Å²) < 4.78 is 7.14. The van der Waals surface area contributed by atoms with E-state index in [0.29, 0.717) is 31.6 Å². The first-order valence-corrected chi connectivity index (χ1v) is 11.9. The number of carbonyl (C=O) groups is 1. The van der Waals surface area contributed by atoms with Gasteiger partial charge in [0.2, 0.25) is 0 Å². The van der Waals surface area contributed by atoms with E-state index in [-0.39, 0.29) is 23.7 Å². The lowest BCUT2D eigenvalue weighted by atomic mass is 10.1. The number of nitrogens with one attached hydrogen (secondary N) is 1. The van der Waals surface area contributed by atoms with Crippen LogP contribution in [0.2, 0.25) is 0 Å². The molecule has 1 aliphatic heterocycles. The molecule has 0 aliphatic carbocycles. The fraction of sp³-hybridized carbons (Fsp3) is 0.423. The maximum Gasteiger partial charge on any atom is 0.322 e. The van der Waals surface area contributed by atoms with Crippen LogP contribution in [0.1, 0.15) is 39.1 Å². The molecule has 2 heterocycles. The molecule has 1 N–H and O–H groups in total. The van der Waals surface area contributed by atoms with Gasteiger partial charge in [0.15, 0.2) is 0 Å². The first-order chi connectivity index (χ1) is 16.4. The highest BCUT2D eigenvalue weighted by Gasteiger charge is 2.32. The number of nitrogens with zero attached hydrogens (tertiary/aromatic N) is 4. The van der Waals surface area contributed by atoms with Gasteiger partial charge in [-0.25, -0.2) is 9.78 Å². The van der Waals surface area contributed by atoms with Crippen molar-refractivity contribution >= 4 is 22.6 Å². The Morgan fingerprint density at radius 3 is 2.56 bits per heavy atom. The van der Waals surface area contributed by atoms with Gasteiger partial charge < -0.3 is 15.0 Å². The van der Waals surface area contributed by atoms with Crippen LogP contribution >= 0.6 is 0 Å². The second kappa shape index (κ2) is 10.3. The summed E-state index contributed by atoms with van der Waals surface area (Å²) in [7, 11) is 1.80. The maximum absolute atomic E-state index is 13.0. The number of fused-ring (bicyclic) bond motifs is 1. The number of urea groups is 1. The zero-order valence-corrected chi connectivity index (χ0v) is 20.3. The quantitative estimate of drug-likeness (QED) is 0.597. The Labute approximate surface area is 200 Å². The van der Waals surface area contributed by atoms with E-state index in [2.05, 4.69) is 24.1 Å². The summed E-state index contributed by atoms with van der Waals surface area (Å²) in [5.41, 5.74) is 1.44. The number of para-hydroxylation sites is 1. The summed E-state index contributed by atoms with van der Waals surface area (Å²) in [4.78, 5) is 34.9. The van der Waals surface area contributed by atoms with E-state index in [1.54, 1.807) is 11.6 Å². The van der Waals surface area contributed by atoms with Crippen molar-refractivity contribution in [3.63, 3.8) is 0 Å². The first kappa shape index (κ1) is 23.8. The predicted molar refractivity (Wildman–Crippen MR) is 134 cm³/mol. The van der Waals surface area contributed by atoms with E-state index in [1.807, 2.05) is 60.4 Å². The van der Waals surface area contributed by atoms with Crippen LogP contribution in [0.4, 0.5) is 10.5 Å². The summed E-state index contributed by atoms with van der Waals surface area (Å²) in [5, 5.41) is 3.63. The van der Waals surface area contributed by atoms with Crippen LogP contribution in [0, 0.1) is 0 Å². The van der Waals surface area contributed by atoms with Gasteiger partial charge in [0.05, 0.1) is 23.6 Å². The molecule has 180 valence electrons. The molecular formula is C26H33N5O3. The molecule has 2 aromatic carbocycles. The van der Waals surface area contributed by atoms with Crippen molar-refractivity contribution < 1.29 is 9.53 Å². The fourth-order valence-electron chi connectivity index (χ4n) is 4.70. The number of hydrogen-bond acceptors (Lipinski definition) is 5. The van der Waals surface area contributed by atoms with Crippen molar-refractivity contribution in [2.45, 2.75) is 39.3 Å². The minimum absolute atomic E-state index is 0.000998. The predicted octanol–water partition coefficient (Wildman–Crippen LogP) is 4.02. The minimum Gasteiger partial charge on any atom is -0.494 e. The number of hydrogen-bond donors (Lipinski definition) is 1. The first-order valence-electron chi connectivity index (χ1n) is 11.9. The lowest BCUT2D eigenvalue weighted by Crippen LogP contribution is -2.56. The molecule has 2 amide bonds. The van der Waals surface area contributed by atoms with Crippen molar-refractivity contribution in [3.8, 4) is 5.75 Å². The average molecular weight is 464 g/mol. The standard InChI is InChI=1S/C26H33N5O3/c1-5-23(24-28-22-10-8-7-9-21(22)25(32)29(24)4)30-15-16-31(18(3)17-30)26(33)27-19-11-13-20(14-12-19)34-6-2/h7-14,18,23H,5-6,15-17H2,1-4H3,(H,27,33). The van der Waals surface area contributed by atoms with Crippen LogP contribution < -0.4 is 15.6 Å². The Bertz CT molecular complexity index is 1210. The maximum atomic E-state index is 13.0. The topological polar surface area (TPSA) is 79.7 Å². The van der Waals surface area contributed by atoms with Crippen molar-refractivity contribution in [1.82, 2.24) is 19.4 Å². The molecule has 4 rings (SSSR count). The van der Waals surface area contributed by atoms with Crippen LogP contribution in [0.15, 0.2) is 53.3 Å². The molecule has 1 fully saturated rings. The van der Waals surface area contributed by atoms with Gasteiger partial charge >= 0.3 is 6.03 Å². The zero-order valence-electron chi connectivity index (χ0n) is 20.3. The van der Waals surface area contributed by atoms with Gasteiger partial charge in [-0.3, -0.25) is 14.3 Å². The SMILES string of the molecule is CCOc1ccc(NC(=O)N2CCN(C(CC)c3nc4ccccc4c(=O)n3C)CC2C)cc1. The Morgan fingerprint density at radius 1 is 1.15 bits per heavy atom. The Balaban J connectivity index is 1.47. The van der Waals surface area contributed by atoms with Gasteiger partial charge in [0.1, 0.15) is 11.6 Å². The monoisotopic (exact) mass is 463 g/mol. The van der Waals surface area contributed by atoms with Crippen molar-refractivity contribution in [2.75, 3.05) is 31.6 Å². The molecule has 0 radical (unpaired) electrons. The molecule has 2 unspecified atom stereocenters. The molecule has 2 atom stereocenters. The van der Waals surface area contributed by atoms with Gasteiger partial charge in [0, 0.05) is 38.4 Å². The van der Waals surface area contributed by atoms with Gasteiger partial charge in [0.25, 0.3) is 5.56 Å². The second-order valence-corrected chi connectivity index (χ2v) is 8.70. The number of benzene rings is 2. The molecule has 1 saturated heterocycles. The van der Waals surface area contributed by atoms with Gasteiger partial charge in [-0.05, 0) is 56.7 Å². The number of carbonyl (C=O) groups excluding carboxylic acids is 1. The van der Waals surface area contributed by atoms with Gasteiger partial charge in [-0.1, -0.05) is 19.1 Å². The summed E-state index contributed by atoms with van der Waals surface area (Å²) in [6.07, 6.45) is 0.823. The number of ether oxygens (including phenoxy) is 1. The molecule has 3 aromatic rings. The van der Waals surface area contributed by atoms with E-state index < -0.39 is 0 Å². The van der Waals surface area contributed by atoms with E-state index in [1.165, 1.54) is 0 Å². The number of anilines is 1. The summed E-state index contributed by atoms with van der Waals surface area (Å²) in [6, 6.07) is 14.8. The van der Waals surface area contributed by atoms with Crippen LogP contribution in [0.5, 0.6) is 5.75 Å². The largest absolute Gasteiger partial charge is 0.494 e. The van der Waals surface area contributed by atoms with Crippen LogP contribution in [0.25, 0.3) is 10.9 Å². The normalized spacial score (nSPS) is 17.5. The zero-order chi connectivity index (χ0) is 24.2. The van der Waals surface area contributed by atoms with Crippen molar-refractivity contribution in [1.29, 1.82) is 0 Å². The average Bonchev–Trinajstić information content (AvgIpc) is 2.84. The number of rotatable bonds is 6. The summed E-state index contributed by atoms with van der Waals surface area (Å²) >= 11 is 0. The molecule has 34 heavy (non-hydrogen) atoms. The minimum atomic E-state index is -0.111. The lowest BCUT2D eigenvalue weighted by Gasteiger charge is -2.43. The highest BCUT2D eigenvalue weighted by molar-refractivity contribution is 5.89. The van der Waals surface area contributed by atoms with Gasteiger partial charge in [-0.15, -0.1) is 0 Å². The molecular weight excluding hydrogens is 430 g/mol. The van der Waals surface area contributed by atoms with E-state index in [4.69, 9.17) is 9.72 Å². The third-order valence-corrected chi connectivity index (χ3v) is 6.48. The highest BCUT2D eigenvalue weighted by atomic mass is 16.5. The summed E-state index contributed by atoms with van der Waals surface area (Å²) in [5.74, 6) is 1.55. The highest BCUT2D eigenvalue weighted by Crippen LogP contribution is 2.26. The van der Waals surface area contributed by atoms with E-state index >= 15 is 0 Å². The third kappa shape index (κ3) is 4.77. The molecule has 0 spiro atoms. The molecule has 1 aromatic heterocycles. The lowest BCUT2D eigenvalue weighted by molar-refractivity contribution is 0.0721. The Kier molecular flexibility index (Phi) is 7.17. The number of piperazine rings is 1. The molecule has 8 nitrogen and oxygen atoms in total. The van der Waals surface area contributed by atoms with E-state index in [9.17, 15) is 9.59 Å². The number of aromatic nitrogens is 2. The third-order valence-electron chi connectivity index (χ3n) is 6.48. The van der Waals surface area contributed by atoms with Crippen LogP contribution in [-0.4, -0.2) is 57.7 Å². The second-order valence-electron chi connectivity index (χ2n) is 8.70. The van der Waals surface area contributed by atoms with E-state index in [0.717, 1.165) is 29.2 Å². The number of amides is 2. The van der Waals surface area contributed by atoms with Crippen LogP contribution in [0.3, 0.4) is 0 Å². The van der Waals surface area contributed by atoms with Crippen LogP contribution in [-0.2, 0) is 7.05 Å². The Hall–Kier alpha value is -3.39. The molecule has 0 saturated carbocycles. The van der Waals surface area contributed by atoms with Crippen molar-refractivity contribution in [3.05, 3.63) is 64.7 Å². The summed E-state index contributed by atoms with van der Waals surface area (Å²) in [6.45, 7) is 8.73. The molecule has 0 bridgehead atoms.